The van der Waals surface area contributed by atoms with Crippen molar-refractivity contribution >= 4 is 35.3 Å². The van der Waals surface area contributed by atoms with Crippen molar-refractivity contribution in [1.82, 2.24) is 30.3 Å². The summed E-state index contributed by atoms with van der Waals surface area (Å²) in [7, 11) is 0. The molecule has 4 rings (SSSR count). The van der Waals surface area contributed by atoms with Crippen molar-refractivity contribution in [2.24, 2.45) is 0 Å². The Morgan fingerprint density at radius 2 is 1.70 bits per heavy atom. The van der Waals surface area contributed by atoms with Gasteiger partial charge in [-0.15, -0.1) is 10.2 Å². The Balaban J connectivity index is 1.40. The molecule has 0 atom stereocenters. The molecule has 1 saturated heterocycles. The minimum Gasteiger partial charge on any atom is -0.335 e. The van der Waals surface area contributed by atoms with Crippen molar-refractivity contribution in [3.8, 4) is 5.69 Å². The number of amides is 3. The van der Waals surface area contributed by atoms with Crippen LogP contribution in [0.2, 0.25) is 5.02 Å². The van der Waals surface area contributed by atoms with E-state index in [0.717, 1.165) is 50.3 Å². The first-order valence-corrected chi connectivity index (χ1v) is 13.1. The van der Waals surface area contributed by atoms with Gasteiger partial charge < -0.3 is 5.32 Å². The zero-order valence-corrected chi connectivity index (χ0v) is 20.3. The normalized spacial score (nSPS) is 17.6. The molecule has 33 heavy (non-hydrogen) atoms. The lowest BCUT2D eigenvalue weighted by molar-refractivity contribution is -0.117. The number of nitrogens with one attached hydrogen (secondary N) is 2. The molecule has 178 valence electrons. The molecule has 0 radical (unpaired) electrons. The zero-order valence-electron chi connectivity index (χ0n) is 18.8. The van der Waals surface area contributed by atoms with Crippen LogP contribution in [0.15, 0.2) is 29.4 Å². The van der Waals surface area contributed by atoms with Crippen LogP contribution in [0.4, 0.5) is 4.79 Å². The first kappa shape index (κ1) is 24.0. The molecule has 0 bridgehead atoms. The average molecular weight is 491 g/mol. The van der Waals surface area contributed by atoms with Crippen LogP contribution in [0, 0.1) is 0 Å². The van der Waals surface area contributed by atoms with E-state index >= 15 is 0 Å². The van der Waals surface area contributed by atoms with Crippen molar-refractivity contribution in [2.45, 2.75) is 69.1 Å². The fourth-order valence-electron chi connectivity index (χ4n) is 4.42. The lowest BCUT2D eigenvalue weighted by Crippen LogP contribution is -2.45. The highest BCUT2D eigenvalue weighted by Gasteiger charge is 2.21. The second-order valence-corrected chi connectivity index (χ2v) is 10.1. The molecule has 3 amide bonds. The maximum atomic E-state index is 12.4. The first-order chi connectivity index (χ1) is 16.1. The van der Waals surface area contributed by atoms with Gasteiger partial charge >= 0.3 is 6.03 Å². The largest absolute Gasteiger partial charge is 0.335 e. The highest BCUT2D eigenvalue weighted by molar-refractivity contribution is 7.99. The molecule has 0 unspecified atom stereocenters. The lowest BCUT2D eigenvalue weighted by atomic mass is 9.96. The summed E-state index contributed by atoms with van der Waals surface area (Å²) >= 11 is 7.36. The summed E-state index contributed by atoms with van der Waals surface area (Å²) in [5.41, 5.74) is 0.898. The number of halogens is 1. The Hall–Kier alpha value is -2.10. The van der Waals surface area contributed by atoms with Gasteiger partial charge in [-0.1, -0.05) is 49.0 Å². The Morgan fingerprint density at radius 1 is 1.00 bits per heavy atom. The molecule has 1 aromatic heterocycles. The molecular formula is C23H31ClN6O2S. The predicted molar refractivity (Wildman–Crippen MR) is 130 cm³/mol. The number of carbonyl (C=O) groups is 2. The standard InChI is InChI=1S/C23H31ClN6O2S/c24-17-9-11-19(12-10-17)30-20(15-29-13-5-2-6-14-29)27-28-23(30)33-16-21(31)26-22(32)25-18-7-3-1-4-8-18/h9-12,18H,1-8,13-16H2,(H2,25,26,31,32). The first-order valence-electron chi connectivity index (χ1n) is 11.7. The van der Waals surface area contributed by atoms with Crippen molar-refractivity contribution in [1.29, 1.82) is 0 Å². The molecule has 2 N–H and O–H groups in total. The summed E-state index contributed by atoms with van der Waals surface area (Å²) in [4.78, 5) is 27.0. The monoisotopic (exact) mass is 490 g/mol. The van der Waals surface area contributed by atoms with E-state index in [2.05, 4.69) is 25.7 Å². The maximum Gasteiger partial charge on any atom is 0.321 e. The van der Waals surface area contributed by atoms with Crippen LogP contribution in [0.1, 0.15) is 57.2 Å². The molecule has 1 aliphatic heterocycles. The Kier molecular flexibility index (Phi) is 8.63. The lowest BCUT2D eigenvalue weighted by Gasteiger charge is -2.26. The molecule has 10 heteroatoms. The molecule has 0 spiro atoms. The van der Waals surface area contributed by atoms with Crippen molar-refractivity contribution in [3.63, 3.8) is 0 Å². The number of imide groups is 1. The summed E-state index contributed by atoms with van der Waals surface area (Å²) in [6, 6.07) is 7.25. The number of likely N-dealkylation sites (tertiary alicyclic amines) is 1. The molecule has 2 heterocycles. The van der Waals surface area contributed by atoms with Crippen molar-refractivity contribution < 1.29 is 9.59 Å². The minimum absolute atomic E-state index is 0.0769. The SMILES string of the molecule is O=C(CSc1nnc(CN2CCCCC2)n1-c1ccc(Cl)cc1)NC(=O)NC1CCCCC1. The summed E-state index contributed by atoms with van der Waals surface area (Å²) in [5.74, 6) is 0.557. The third-order valence-corrected chi connectivity index (χ3v) is 7.31. The second-order valence-electron chi connectivity index (χ2n) is 8.69. The number of hydrogen-bond acceptors (Lipinski definition) is 6. The number of aromatic nitrogens is 3. The van der Waals surface area contributed by atoms with Crippen LogP contribution in [0.25, 0.3) is 5.69 Å². The predicted octanol–water partition coefficient (Wildman–Crippen LogP) is 4.16. The van der Waals surface area contributed by atoms with Gasteiger partial charge in [0.05, 0.1) is 12.3 Å². The topological polar surface area (TPSA) is 92.2 Å². The molecule has 1 aliphatic carbocycles. The van der Waals surface area contributed by atoms with Gasteiger partial charge in [-0.2, -0.15) is 0 Å². The fourth-order valence-corrected chi connectivity index (χ4v) is 5.32. The zero-order chi connectivity index (χ0) is 23.0. The van der Waals surface area contributed by atoms with E-state index in [4.69, 9.17) is 11.6 Å². The molecule has 1 saturated carbocycles. The smallest absolute Gasteiger partial charge is 0.321 e. The van der Waals surface area contributed by atoms with Crippen LogP contribution < -0.4 is 10.6 Å². The van der Waals surface area contributed by atoms with E-state index in [1.54, 1.807) is 0 Å². The van der Waals surface area contributed by atoms with Crippen LogP contribution >= 0.6 is 23.4 Å². The van der Waals surface area contributed by atoms with E-state index in [1.807, 2.05) is 28.8 Å². The molecule has 2 fully saturated rings. The van der Waals surface area contributed by atoms with Gasteiger partial charge in [0.1, 0.15) is 0 Å². The number of rotatable bonds is 7. The van der Waals surface area contributed by atoms with E-state index in [9.17, 15) is 9.59 Å². The van der Waals surface area contributed by atoms with Crippen LogP contribution in [-0.2, 0) is 11.3 Å². The number of carbonyl (C=O) groups excluding carboxylic acids is 2. The van der Waals surface area contributed by atoms with E-state index < -0.39 is 6.03 Å². The quantitative estimate of drug-likeness (QED) is 0.566. The third-order valence-electron chi connectivity index (χ3n) is 6.12. The van der Waals surface area contributed by atoms with Gasteiger partial charge in [-0.3, -0.25) is 19.6 Å². The highest BCUT2D eigenvalue weighted by Crippen LogP contribution is 2.25. The average Bonchev–Trinajstić information content (AvgIpc) is 3.22. The molecule has 2 aromatic rings. The summed E-state index contributed by atoms with van der Waals surface area (Å²) in [6.45, 7) is 2.80. The second kappa shape index (κ2) is 11.9. The maximum absolute atomic E-state index is 12.4. The van der Waals surface area contributed by atoms with Gasteiger partial charge in [-0.25, -0.2) is 4.79 Å². The number of thioether (sulfide) groups is 1. The van der Waals surface area contributed by atoms with Gasteiger partial charge in [0.2, 0.25) is 5.91 Å². The number of piperidine rings is 1. The van der Waals surface area contributed by atoms with Crippen LogP contribution in [-0.4, -0.2) is 56.5 Å². The third kappa shape index (κ3) is 6.94. The van der Waals surface area contributed by atoms with E-state index in [-0.39, 0.29) is 17.7 Å². The van der Waals surface area contributed by atoms with Crippen molar-refractivity contribution in [3.05, 3.63) is 35.1 Å². The van der Waals surface area contributed by atoms with Crippen molar-refractivity contribution in [2.75, 3.05) is 18.8 Å². The molecular weight excluding hydrogens is 460 g/mol. The molecule has 8 nitrogen and oxygen atoms in total. The Morgan fingerprint density at radius 3 is 2.42 bits per heavy atom. The Bertz CT molecular complexity index is 939. The molecule has 2 aliphatic rings. The van der Waals surface area contributed by atoms with E-state index in [1.165, 1.54) is 37.4 Å². The number of urea groups is 1. The summed E-state index contributed by atoms with van der Waals surface area (Å²) in [5, 5.41) is 15.4. The van der Waals surface area contributed by atoms with Gasteiger partial charge in [-0.05, 0) is 63.0 Å². The summed E-state index contributed by atoms with van der Waals surface area (Å²) < 4.78 is 1.98. The van der Waals surface area contributed by atoms with Gasteiger partial charge in [0.15, 0.2) is 11.0 Å². The number of hydrogen-bond donors (Lipinski definition) is 2. The fraction of sp³-hybridized carbons (Fsp3) is 0.565. The van der Waals surface area contributed by atoms with Crippen LogP contribution in [0.3, 0.4) is 0 Å². The molecule has 1 aromatic carbocycles. The van der Waals surface area contributed by atoms with Gasteiger partial charge in [0.25, 0.3) is 0 Å². The van der Waals surface area contributed by atoms with Gasteiger partial charge in [0, 0.05) is 16.8 Å². The summed E-state index contributed by atoms with van der Waals surface area (Å²) in [6.07, 6.45) is 9.05. The highest BCUT2D eigenvalue weighted by atomic mass is 35.5. The Labute approximate surface area is 203 Å². The number of benzene rings is 1. The van der Waals surface area contributed by atoms with Crippen LogP contribution in [0.5, 0.6) is 0 Å². The minimum atomic E-state index is -0.419. The number of nitrogens with zero attached hydrogens (tertiary/aromatic N) is 4. The van der Waals surface area contributed by atoms with E-state index in [0.29, 0.717) is 16.7 Å².